The summed E-state index contributed by atoms with van der Waals surface area (Å²) >= 11 is 0. The second-order valence-electron chi connectivity index (χ2n) is 3.47. The SMILES string of the molecule is CC(C)OC(=O)N(C)c1cccc(F)c1. The van der Waals surface area contributed by atoms with Crippen LogP contribution in [-0.4, -0.2) is 19.2 Å². The zero-order valence-electron chi connectivity index (χ0n) is 9.03. The van der Waals surface area contributed by atoms with Crippen molar-refractivity contribution >= 4 is 11.8 Å². The fourth-order valence-corrected chi connectivity index (χ4v) is 1.07. The Hall–Kier alpha value is -1.58. The standard InChI is InChI=1S/C11H14FNO2/c1-8(2)15-11(14)13(3)10-6-4-5-9(12)7-10/h4-8H,1-3H3. The van der Waals surface area contributed by atoms with Gasteiger partial charge in [0, 0.05) is 12.7 Å². The van der Waals surface area contributed by atoms with E-state index in [1.807, 2.05) is 0 Å². The molecule has 3 nitrogen and oxygen atoms in total. The van der Waals surface area contributed by atoms with Crippen molar-refractivity contribution < 1.29 is 13.9 Å². The lowest BCUT2D eigenvalue weighted by atomic mass is 10.3. The molecule has 1 amide bonds. The third-order valence-corrected chi connectivity index (χ3v) is 1.81. The summed E-state index contributed by atoms with van der Waals surface area (Å²) in [4.78, 5) is 12.7. The van der Waals surface area contributed by atoms with E-state index in [2.05, 4.69) is 0 Å². The van der Waals surface area contributed by atoms with Crippen LogP contribution < -0.4 is 4.90 Å². The zero-order chi connectivity index (χ0) is 11.4. The fourth-order valence-electron chi connectivity index (χ4n) is 1.07. The van der Waals surface area contributed by atoms with Gasteiger partial charge in [-0.3, -0.25) is 4.90 Å². The van der Waals surface area contributed by atoms with Gasteiger partial charge in [0.15, 0.2) is 0 Å². The molecule has 82 valence electrons. The number of hydrogen-bond donors (Lipinski definition) is 0. The maximum Gasteiger partial charge on any atom is 0.414 e. The van der Waals surface area contributed by atoms with Gasteiger partial charge in [-0.15, -0.1) is 0 Å². The lowest BCUT2D eigenvalue weighted by Gasteiger charge is -2.18. The van der Waals surface area contributed by atoms with Crippen molar-refractivity contribution in [3.8, 4) is 0 Å². The first-order valence-electron chi connectivity index (χ1n) is 4.70. The molecule has 4 heteroatoms. The molecular weight excluding hydrogens is 197 g/mol. The van der Waals surface area contributed by atoms with Crippen LogP contribution in [0.25, 0.3) is 0 Å². The Morgan fingerprint density at radius 1 is 1.47 bits per heavy atom. The van der Waals surface area contributed by atoms with Crippen LogP contribution in [0.4, 0.5) is 14.9 Å². The molecule has 0 saturated carbocycles. The maximum atomic E-state index is 12.9. The number of hydrogen-bond acceptors (Lipinski definition) is 2. The van der Waals surface area contributed by atoms with Gasteiger partial charge in [0.2, 0.25) is 0 Å². The normalized spacial score (nSPS) is 10.2. The number of carbonyl (C=O) groups is 1. The highest BCUT2D eigenvalue weighted by Gasteiger charge is 2.13. The first-order valence-corrected chi connectivity index (χ1v) is 4.70. The summed E-state index contributed by atoms with van der Waals surface area (Å²) in [7, 11) is 1.54. The number of halogens is 1. The quantitative estimate of drug-likeness (QED) is 0.752. The molecule has 1 aromatic carbocycles. The van der Waals surface area contributed by atoms with Gasteiger partial charge in [-0.2, -0.15) is 0 Å². The Kier molecular flexibility index (Phi) is 3.66. The second kappa shape index (κ2) is 4.77. The molecule has 0 heterocycles. The van der Waals surface area contributed by atoms with Crippen molar-refractivity contribution in [2.45, 2.75) is 20.0 Å². The zero-order valence-corrected chi connectivity index (χ0v) is 9.03. The summed E-state index contributed by atoms with van der Waals surface area (Å²) in [6.45, 7) is 3.52. The molecule has 0 atom stereocenters. The Balaban J connectivity index is 2.76. The molecule has 1 aromatic rings. The summed E-state index contributed by atoms with van der Waals surface area (Å²) in [5.41, 5.74) is 0.473. The predicted molar refractivity (Wildman–Crippen MR) is 56.4 cm³/mol. The average Bonchev–Trinajstić information content (AvgIpc) is 2.15. The average molecular weight is 211 g/mol. The minimum absolute atomic E-state index is 0.187. The third kappa shape index (κ3) is 3.23. The van der Waals surface area contributed by atoms with E-state index in [1.54, 1.807) is 33.0 Å². The minimum Gasteiger partial charge on any atom is -0.446 e. The van der Waals surface area contributed by atoms with Gasteiger partial charge >= 0.3 is 6.09 Å². The van der Waals surface area contributed by atoms with Gasteiger partial charge in [0.05, 0.1) is 6.10 Å². The van der Waals surface area contributed by atoms with Crippen molar-refractivity contribution in [1.29, 1.82) is 0 Å². The number of rotatable bonds is 2. The first-order chi connectivity index (χ1) is 7.00. The molecular formula is C11H14FNO2. The Labute approximate surface area is 88.5 Å². The van der Waals surface area contributed by atoms with Crippen LogP contribution in [-0.2, 0) is 4.74 Å². The number of ether oxygens (including phenoxy) is 1. The summed E-state index contributed by atoms with van der Waals surface area (Å²) in [6, 6.07) is 5.79. The topological polar surface area (TPSA) is 29.5 Å². The molecule has 0 saturated heterocycles. The van der Waals surface area contributed by atoms with E-state index in [0.717, 1.165) is 0 Å². The van der Waals surface area contributed by atoms with Crippen molar-refractivity contribution in [3.63, 3.8) is 0 Å². The van der Waals surface area contributed by atoms with E-state index >= 15 is 0 Å². The van der Waals surface area contributed by atoms with Crippen LogP contribution in [0, 0.1) is 5.82 Å². The van der Waals surface area contributed by atoms with Crippen LogP contribution in [0.1, 0.15) is 13.8 Å². The van der Waals surface area contributed by atoms with Gasteiger partial charge in [0.25, 0.3) is 0 Å². The van der Waals surface area contributed by atoms with E-state index in [4.69, 9.17) is 4.74 Å². The van der Waals surface area contributed by atoms with E-state index in [9.17, 15) is 9.18 Å². The largest absolute Gasteiger partial charge is 0.446 e. The number of benzene rings is 1. The Bertz CT molecular complexity index is 352. The molecule has 0 aliphatic rings. The molecule has 0 N–H and O–H groups in total. The predicted octanol–water partition coefficient (Wildman–Crippen LogP) is 2.81. The Morgan fingerprint density at radius 3 is 2.67 bits per heavy atom. The number of carbonyl (C=O) groups excluding carboxylic acids is 1. The molecule has 0 bridgehead atoms. The van der Waals surface area contributed by atoms with E-state index < -0.39 is 6.09 Å². The molecule has 0 aromatic heterocycles. The van der Waals surface area contributed by atoms with Gasteiger partial charge in [0.1, 0.15) is 5.82 Å². The van der Waals surface area contributed by atoms with Crippen LogP contribution >= 0.6 is 0 Å². The third-order valence-electron chi connectivity index (χ3n) is 1.81. The van der Waals surface area contributed by atoms with Gasteiger partial charge in [-0.25, -0.2) is 9.18 Å². The van der Waals surface area contributed by atoms with Crippen molar-refractivity contribution in [3.05, 3.63) is 30.1 Å². The fraction of sp³-hybridized carbons (Fsp3) is 0.364. The van der Waals surface area contributed by atoms with Crippen molar-refractivity contribution in [2.75, 3.05) is 11.9 Å². The molecule has 0 fully saturated rings. The van der Waals surface area contributed by atoms with Crippen LogP contribution in [0.2, 0.25) is 0 Å². The number of anilines is 1. The smallest absolute Gasteiger partial charge is 0.414 e. The minimum atomic E-state index is -0.490. The summed E-state index contributed by atoms with van der Waals surface area (Å²) in [5, 5.41) is 0. The molecule has 15 heavy (non-hydrogen) atoms. The number of nitrogens with zero attached hydrogens (tertiary/aromatic N) is 1. The summed E-state index contributed by atoms with van der Waals surface area (Å²) < 4.78 is 17.8. The lowest BCUT2D eigenvalue weighted by molar-refractivity contribution is 0.124. The number of amides is 1. The van der Waals surface area contributed by atoms with Crippen molar-refractivity contribution in [1.82, 2.24) is 0 Å². The molecule has 0 unspecified atom stereocenters. The van der Waals surface area contributed by atoms with Crippen LogP contribution in [0.15, 0.2) is 24.3 Å². The monoisotopic (exact) mass is 211 g/mol. The van der Waals surface area contributed by atoms with Gasteiger partial charge < -0.3 is 4.74 Å². The van der Waals surface area contributed by atoms with Gasteiger partial charge in [-0.05, 0) is 32.0 Å². The maximum absolute atomic E-state index is 12.9. The summed E-state index contributed by atoms with van der Waals surface area (Å²) in [5.74, 6) is -0.378. The highest BCUT2D eigenvalue weighted by molar-refractivity contribution is 5.86. The van der Waals surface area contributed by atoms with E-state index in [0.29, 0.717) is 5.69 Å². The lowest BCUT2D eigenvalue weighted by Crippen LogP contribution is -2.29. The Morgan fingerprint density at radius 2 is 2.13 bits per heavy atom. The van der Waals surface area contributed by atoms with Crippen LogP contribution in [0.5, 0.6) is 0 Å². The molecule has 0 radical (unpaired) electrons. The first kappa shape index (κ1) is 11.5. The highest BCUT2D eigenvalue weighted by atomic mass is 19.1. The molecule has 0 spiro atoms. The van der Waals surface area contributed by atoms with E-state index in [-0.39, 0.29) is 11.9 Å². The molecule has 1 rings (SSSR count). The van der Waals surface area contributed by atoms with E-state index in [1.165, 1.54) is 17.0 Å². The molecule has 0 aliphatic carbocycles. The highest BCUT2D eigenvalue weighted by Crippen LogP contribution is 2.15. The van der Waals surface area contributed by atoms with Crippen molar-refractivity contribution in [2.24, 2.45) is 0 Å². The van der Waals surface area contributed by atoms with Crippen LogP contribution in [0.3, 0.4) is 0 Å². The summed E-state index contributed by atoms with van der Waals surface area (Å²) in [6.07, 6.45) is -0.677. The second-order valence-corrected chi connectivity index (χ2v) is 3.47. The molecule has 0 aliphatic heterocycles. The van der Waals surface area contributed by atoms with Gasteiger partial charge in [-0.1, -0.05) is 6.07 Å².